The number of allylic oxidation sites excluding steroid dienone is 1. The van der Waals surface area contributed by atoms with Gasteiger partial charge >= 0.3 is 0 Å². The molecule has 0 amide bonds. The van der Waals surface area contributed by atoms with Crippen molar-refractivity contribution < 1.29 is 51.1 Å². The van der Waals surface area contributed by atoms with Crippen LogP contribution in [0.4, 0.5) is 27.6 Å². The van der Waals surface area contributed by atoms with E-state index in [0.29, 0.717) is 32.5 Å². The maximum atomic E-state index is 15.4. The van der Waals surface area contributed by atoms with Crippen molar-refractivity contribution in [1.82, 2.24) is 0 Å². The van der Waals surface area contributed by atoms with Crippen LogP contribution in [-0.4, -0.2) is 49.7 Å². The van der Waals surface area contributed by atoms with Crippen molar-refractivity contribution in [2.24, 2.45) is 0 Å². The second kappa shape index (κ2) is 17.7. The molecule has 0 fully saturated rings. The van der Waals surface area contributed by atoms with E-state index in [4.69, 9.17) is 25.5 Å². The Kier molecular flexibility index (Phi) is 12.5. The number of ether oxygens (including phenoxy) is 4. The van der Waals surface area contributed by atoms with E-state index in [-0.39, 0.29) is 51.9 Å². The van der Waals surface area contributed by atoms with Crippen molar-refractivity contribution in [2.75, 3.05) is 44.4 Å². The summed E-state index contributed by atoms with van der Waals surface area (Å²) < 4.78 is 97.7. The highest BCUT2D eigenvalue weighted by molar-refractivity contribution is 7.14. The topological polar surface area (TPSA) is 133 Å². The van der Waals surface area contributed by atoms with Crippen LogP contribution < -0.4 is 19.1 Å². The van der Waals surface area contributed by atoms with Gasteiger partial charge in [0.15, 0.2) is 51.7 Å². The van der Waals surface area contributed by atoms with E-state index in [2.05, 4.69) is 4.85 Å². The maximum absolute atomic E-state index is 15.4. The van der Waals surface area contributed by atoms with Crippen LogP contribution in [0.3, 0.4) is 0 Å². The molecule has 2 aliphatic rings. The minimum Gasteiger partial charge on any atom is -0.488 e. The molecule has 3 aromatic carbocycles. The number of halogens is 5. The lowest BCUT2D eigenvalue weighted by molar-refractivity contribution is 0.0659. The van der Waals surface area contributed by atoms with Crippen LogP contribution in [0.25, 0.3) is 23.1 Å². The Labute approximate surface area is 333 Å². The van der Waals surface area contributed by atoms with Crippen LogP contribution in [-0.2, 0) is 16.9 Å². The molecule has 296 valence electrons. The molecule has 16 heteroatoms. The third kappa shape index (κ3) is 7.84. The van der Waals surface area contributed by atoms with Gasteiger partial charge in [0, 0.05) is 36.0 Å². The largest absolute Gasteiger partial charge is 0.488 e. The molecule has 2 N–H and O–H groups in total. The third-order valence-corrected chi connectivity index (χ3v) is 10.2. The van der Waals surface area contributed by atoms with E-state index in [1.54, 1.807) is 18.2 Å². The summed E-state index contributed by atoms with van der Waals surface area (Å²) >= 11 is 1.15. The average molecular weight is 815 g/mol. The number of nitrogens with zero attached hydrogens (tertiary/aromatic N) is 4. The monoisotopic (exact) mass is 814 g/mol. The molecule has 2 aliphatic heterocycles. The lowest BCUT2D eigenvalue weighted by atomic mass is 9.86. The summed E-state index contributed by atoms with van der Waals surface area (Å²) in [5.74, 6) is -11.0. The Hall–Kier alpha value is -6.64. The zero-order chi connectivity index (χ0) is 41.6. The van der Waals surface area contributed by atoms with Gasteiger partial charge in [-0.2, -0.15) is 10.5 Å². The number of nitriles is 2. The number of fused-ring (bicyclic) bond motifs is 1. The number of hydrogen-bond acceptors (Lipinski definition) is 10. The van der Waals surface area contributed by atoms with E-state index in [0.717, 1.165) is 23.8 Å². The Bertz CT molecular complexity index is 2450. The van der Waals surface area contributed by atoms with E-state index in [1.807, 2.05) is 47.4 Å². The summed E-state index contributed by atoms with van der Waals surface area (Å²) in [5.41, 5.74) is -3.48. The first kappa shape index (κ1) is 41.0. The molecule has 10 nitrogen and oxygen atoms in total. The molecule has 3 heterocycles. The van der Waals surface area contributed by atoms with Gasteiger partial charge in [0.25, 0.3) is 0 Å². The van der Waals surface area contributed by atoms with E-state index < -0.39 is 62.9 Å². The first-order valence-corrected chi connectivity index (χ1v) is 18.3. The van der Waals surface area contributed by atoms with Gasteiger partial charge in [-0.15, -0.1) is 11.3 Å². The van der Waals surface area contributed by atoms with Crippen molar-refractivity contribution in [1.29, 1.82) is 10.5 Å². The summed E-state index contributed by atoms with van der Waals surface area (Å²) in [4.78, 5) is 6.07. The second-order valence-corrected chi connectivity index (χ2v) is 13.7. The number of rotatable bonds is 13. The first-order valence-electron chi connectivity index (χ1n) is 17.4. The number of hydrogen-bond donors (Lipinski definition) is 2. The van der Waals surface area contributed by atoms with Crippen molar-refractivity contribution in [3.8, 4) is 29.4 Å². The predicted molar refractivity (Wildman–Crippen MR) is 203 cm³/mol. The molecule has 0 bridgehead atoms. The highest BCUT2D eigenvalue weighted by Crippen LogP contribution is 2.51. The highest BCUT2D eigenvalue weighted by Gasteiger charge is 2.49. The van der Waals surface area contributed by atoms with Crippen LogP contribution >= 0.6 is 11.3 Å². The molecule has 1 atom stereocenters. The fourth-order valence-corrected chi connectivity index (χ4v) is 7.38. The van der Waals surface area contributed by atoms with Gasteiger partial charge in [0.1, 0.15) is 37.7 Å². The van der Waals surface area contributed by atoms with Crippen molar-refractivity contribution >= 4 is 35.3 Å². The third-order valence-electron chi connectivity index (χ3n) is 9.14. The Morgan fingerprint density at radius 2 is 1.47 bits per heavy atom. The van der Waals surface area contributed by atoms with Crippen LogP contribution in [0.15, 0.2) is 77.2 Å². The smallest absolute Gasteiger partial charge is 0.237 e. The summed E-state index contributed by atoms with van der Waals surface area (Å²) in [6.45, 7) is 9.66. The average Bonchev–Trinajstić information content (AvgIpc) is 3.74. The maximum Gasteiger partial charge on any atom is 0.237 e. The SMILES string of the molecule is [C-]#[N+]C1=C(/C=C/c2sc(/C=C/c3ccc(N(CCO)CCO)cc3OCc3ccccc3)c3c2OCCO3)C(C)(c2c(F)c(F)c(F)c(F)c2F)OC1=C(C#N)C#N. The van der Waals surface area contributed by atoms with Crippen molar-refractivity contribution in [2.45, 2.75) is 19.1 Å². The molecule has 58 heavy (non-hydrogen) atoms. The number of aliphatic hydroxyl groups excluding tert-OH is 2. The Balaban J connectivity index is 1.43. The van der Waals surface area contributed by atoms with E-state index >= 15 is 8.78 Å². The van der Waals surface area contributed by atoms with Crippen LogP contribution in [0, 0.1) is 58.3 Å². The Morgan fingerprint density at radius 1 is 0.879 bits per heavy atom. The molecule has 0 aliphatic carbocycles. The molecular formula is C42H31F5N4O6S. The molecule has 0 saturated carbocycles. The zero-order valence-electron chi connectivity index (χ0n) is 30.5. The van der Waals surface area contributed by atoms with Crippen LogP contribution in [0.5, 0.6) is 17.2 Å². The van der Waals surface area contributed by atoms with Gasteiger partial charge in [0.05, 0.1) is 35.1 Å². The normalized spacial score (nSPS) is 16.0. The van der Waals surface area contributed by atoms with Gasteiger partial charge in [-0.25, -0.2) is 26.8 Å². The van der Waals surface area contributed by atoms with Crippen LogP contribution in [0.2, 0.25) is 0 Å². The predicted octanol–water partition coefficient (Wildman–Crippen LogP) is 8.19. The summed E-state index contributed by atoms with van der Waals surface area (Å²) in [6.07, 6.45) is 6.07. The number of aliphatic hydroxyl groups is 2. The Morgan fingerprint density at radius 3 is 2.03 bits per heavy atom. The van der Waals surface area contributed by atoms with Gasteiger partial charge in [0.2, 0.25) is 11.5 Å². The molecule has 0 spiro atoms. The molecule has 1 unspecified atom stereocenters. The van der Waals surface area contributed by atoms with Crippen molar-refractivity contribution in [3.63, 3.8) is 0 Å². The molecule has 0 saturated heterocycles. The highest BCUT2D eigenvalue weighted by atomic mass is 32.1. The van der Waals surface area contributed by atoms with Crippen molar-refractivity contribution in [3.05, 3.63) is 144 Å². The van der Waals surface area contributed by atoms with Gasteiger partial charge in [-0.1, -0.05) is 36.4 Å². The number of benzene rings is 3. The molecular weight excluding hydrogens is 784 g/mol. The molecule has 4 aromatic rings. The molecule has 0 radical (unpaired) electrons. The summed E-state index contributed by atoms with van der Waals surface area (Å²) in [6, 6.07) is 18.0. The zero-order valence-corrected chi connectivity index (χ0v) is 31.3. The van der Waals surface area contributed by atoms with Gasteiger partial charge < -0.3 is 34.1 Å². The standard InChI is InChI=1S/C42H31F5N4O6S/c1-42(32-33(43)35(45)37(47)36(46)34(32)44)28(38(50-2)39(57-42)26(21-48)22-49)11-13-31-41-40(54-18-19-55-41)30(58-31)12-9-25-8-10-27(51(14-16-52)15-17-53)20-29(25)56-23-24-6-4-3-5-7-24/h3-13,20,52-53H,14-19,23H2,1H3/b12-9+,13-11+. The first-order chi connectivity index (χ1) is 28.0. The molecule has 6 rings (SSSR count). The number of thiophene rings is 1. The summed E-state index contributed by atoms with van der Waals surface area (Å²) in [5, 5.41) is 38.4. The van der Waals surface area contributed by atoms with E-state index in [1.165, 1.54) is 24.3 Å². The van der Waals surface area contributed by atoms with Gasteiger partial charge in [-0.05, 0) is 42.8 Å². The number of anilines is 1. The van der Waals surface area contributed by atoms with E-state index in [9.17, 15) is 33.9 Å². The molecule has 1 aromatic heterocycles. The fourth-order valence-electron chi connectivity index (χ4n) is 6.38. The fraction of sp³-hybridized carbons (Fsp3) is 0.214. The van der Waals surface area contributed by atoms with Gasteiger partial charge in [-0.3, -0.25) is 0 Å². The van der Waals surface area contributed by atoms with Crippen LogP contribution in [0.1, 0.15) is 33.4 Å². The minimum atomic E-state index is -2.59. The minimum absolute atomic E-state index is 0.136. The lowest BCUT2D eigenvalue weighted by Crippen LogP contribution is -2.29. The second-order valence-electron chi connectivity index (χ2n) is 12.7. The quantitative estimate of drug-likeness (QED) is 0.0451. The lowest BCUT2D eigenvalue weighted by Gasteiger charge is -2.29. The summed E-state index contributed by atoms with van der Waals surface area (Å²) in [7, 11) is 0.